The number of H-pyrrole nitrogens is 1. The number of amides is 1. The normalized spacial score (nSPS) is 12.0. The second kappa shape index (κ2) is 8.19. The highest BCUT2D eigenvalue weighted by Crippen LogP contribution is 2.31. The zero-order valence-corrected chi connectivity index (χ0v) is 16.6. The zero-order chi connectivity index (χ0) is 21.1. The zero-order valence-electron chi connectivity index (χ0n) is 16.6. The Morgan fingerprint density at radius 1 is 1.14 bits per heavy atom. The van der Waals surface area contributed by atoms with E-state index in [1.54, 1.807) is 6.07 Å². The maximum absolute atomic E-state index is 12.7. The van der Waals surface area contributed by atoms with Crippen LogP contribution >= 0.6 is 0 Å². The van der Waals surface area contributed by atoms with Crippen LogP contribution in [0.4, 0.5) is 0 Å². The van der Waals surface area contributed by atoms with Crippen LogP contribution in [0.3, 0.4) is 0 Å². The molecule has 0 aliphatic rings. The third-order valence-electron chi connectivity index (χ3n) is 4.96. The molecule has 0 saturated carbocycles. The summed E-state index contributed by atoms with van der Waals surface area (Å²) in [5, 5.41) is 19.1. The molecular formula is C23H23N3O3. The molecule has 0 spiro atoms. The van der Waals surface area contributed by atoms with Gasteiger partial charge in [0.2, 0.25) is 5.91 Å². The van der Waals surface area contributed by atoms with E-state index in [4.69, 9.17) is 10.4 Å². The molecule has 148 valence electrons. The van der Waals surface area contributed by atoms with Crippen LogP contribution in [0.25, 0.3) is 22.0 Å². The minimum Gasteiger partial charge on any atom is -0.477 e. The molecule has 3 aromatic rings. The monoisotopic (exact) mass is 389 g/mol. The Kier molecular flexibility index (Phi) is 5.69. The summed E-state index contributed by atoms with van der Waals surface area (Å²) in [6, 6.07) is 15.1. The smallest absolute Gasteiger partial charge is 0.352 e. The maximum atomic E-state index is 12.7. The number of carbonyl (C=O) groups excluding carboxylic acids is 1. The van der Waals surface area contributed by atoms with Crippen molar-refractivity contribution in [2.45, 2.75) is 26.2 Å². The second-order valence-electron chi connectivity index (χ2n) is 7.60. The van der Waals surface area contributed by atoms with Gasteiger partial charge >= 0.3 is 5.97 Å². The molecule has 1 aromatic heterocycles. The molecule has 2 aromatic carbocycles. The molecule has 1 unspecified atom stereocenters. The van der Waals surface area contributed by atoms with Gasteiger partial charge in [-0.05, 0) is 47.2 Å². The highest BCUT2D eigenvalue weighted by molar-refractivity contribution is 5.95. The number of rotatable bonds is 6. The van der Waals surface area contributed by atoms with Gasteiger partial charge in [-0.3, -0.25) is 9.69 Å². The molecule has 29 heavy (non-hydrogen) atoms. The number of aromatic carboxylic acids is 1. The summed E-state index contributed by atoms with van der Waals surface area (Å²) in [5.41, 5.74) is 3.63. The number of hydrogen-bond donors (Lipinski definition) is 2. The molecule has 0 fully saturated rings. The van der Waals surface area contributed by atoms with Gasteiger partial charge in [0.15, 0.2) is 6.19 Å². The molecule has 1 atom stereocenters. The van der Waals surface area contributed by atoms with Gasteiger partial charge in [0.25, 0.3) is 0 Å². The summed E-state index contributed by atoms with van der Waals surface area (Å²) in [6.45, 7) is 4.10. The summed E-state index contributed by atoms with van der Waals surface area (Å²) in [6.07, 6.45) is 2.54. The fourth-order valence-corrected chi connectivity index (χ4v) is 3.50. The molecule has 0 aliphatic carbocycles. The number of likely N-dealkylation sites (N-methyl/N-ethyl adjacent to an activating group) is 1. The summed E-state index contributed by atoms with van der Waals surface area (Å²) in [5.74, 6) is -1.31. The quantitative estimate of drug-likeness (QED) is 0.475. The van der Waals surface area contributed by atoms with Crippen molar-refractivity contribution in [3.63, 3.8) is 0 Å². The van der Waals surface area contributed by atoms with Crippen molar-refractivity contribution in [2.75, 3.05) is 7.05 Å². The van der Waals surface area contributed by atoms with E-state index in [0.717, 1.165) is 32.5 Å². The van der Waals surface area contributed by atoms with Crippen molar-refractivity contribution in [1.82, 2.24) is 9.88 Å². The van der Waals surface area contributed by atoms with E-state index in [2.05, 4.69) is 18.8 Å². The molecule has 0 aliphatic heterocycles. The van der Waals surface area contributed by atoms with Crippen molar-refractivity contribution in [2.24, 2.45) is 5.92 Å². The van der Waals surface area contributed by atoms with E-state index in [9.17, 15) is 9.59 Å². The number of nitrogens with zero attached hydrogens (tertiary/aromatic N) is 2. The first-order valence-electron chi connectivity index (χ1n) is 9.44. The van der Waals surface area contributed by atoms with Gasteiger partial charge < -0.3 is 10.1 Å². The molecule has 2 N–H and O–H groups in total. The highest BCUT2D eigenvalue weighted by atomic mass is 16.4. The minimum absolute atomic E-state index is 0.146. The number of carboxylic acids is 1. The number of fused-ring (bicyclic) bond motifs is 1. The first kappa shape index (κ1) is 20.2. The van der Waals surface area contributed by atoms with Gasteiger partial charge in [0.05, 0.1) is 5.92 Å². The predicted molar refractivity (Wildman–Crippen MR) is 111 cm³/mol. The Bertz CT molecular complexity index is 1110. The molecule has 3 rings (SSSR count). The second-order valence-corrected chi connectivity index (χ2v) is 7.60. The molecule has 6 heteroatoms. The lowest BCUT2D eigenvalue weighted by molar-refractivity contribution is -0.129. The van der Waals surface area contributed by atoms with Gasteiger partial charge in [-0.25, -0.2) is 4.79 Å². The van der Waals surface area contributed by atoms with Gasteiger partial charge in [-0.2, -0.15) is 5.26 Å². The largest absolute Gasteiger partial charge is 0.477 e. The molecule has 0 bridgehead atoms. The van der Waals surface area contributed by atoms with Crippen molar-refractivity contribution in [3.8, 4) is 17.3 Å². The van der Waals surface area contributed by atoms with E-state index in [1.165, 1.54) is 7.05 Å². The molecule has 0 saturated heterocycles. The number of aromatic amines is 1. The lowest BCUT2D eigenvalue weighted by Gasteiger charge is -2.21. The Hall–Kier alpha value is -3.59. The fourth-order valence-electron chi connectivity index (χ4n) is 3.50. The van der Waals surface area contributed by atoms with Crippen LogP contribution in [0.15, 0.2) is 48.5 Å². The average Bonchev–Trinajstić information content (AvgIpc) is 3.14. The van der Waals surface area contributed by atoms with Crippen LogP contribution in [0.5, 0.6) is 0 Å². The van der Waals surface area contributed by atoms with E-state index in [1.807, 2.05) is 48.7 Å². The third-order valence-corrected chi connectivity index (χ3v) is 4.96. The summed E-state index contributed by atoms with van der Waals surface area (Å²) >= 11 is 0. The van der Waals surface area contributed by atoms with E-state index < -0.39 is 11.9 Å². The Labute approximate surface area is 169 Å². The van der Waals surface area contributed by atoms with Crippen molar-refractivity contribution < 1.29 is 14.7 Å². The Balaban J connectivity index is 2.01. The number of nitriles is 1. The van der Waals surface area contributed by atoms with Crippen LogP contribution in [0, 0.1) is 17.4 Å². The van der Waals surface area contributed by atoms with Crippen molar-refractivity contribution >= 4 is 22.8 Å². The maximum Gasteiger partial charge on any atom is 0.352 e. The van der Waals surface area contributed by atoms with Crippen LogP contribution in [0.1, 0.15) is 42.2 Å². The summed E-state index contributed by atoms with van der Waals surface area (Å²) < 4.78 is 0. The van der Waals surface area contributed by atoms with Crippen molar-refractivity contribution in [3.05, 3.63) is 59.8 Å². The Morgan fingerprint density at radius 3 is 2.52 bits per heavy atom. The topological polar surface area (TPSA) is 97.2 Å². The number of carboxylic acid groups (broad SMARTS) is 1. The van der Waals surface area contributed by atoms with Crippen LogP contribution in [0.2, 0.25) is 0 Å². The standard InChI is InChI=1S/C23H23N3O3/c1-14(2)9-19(22(27)26(3)13-24)17-6-4-5-15(10-17)16-7-8-20-18(11-16)12-21(25-20)23(28)29/h4-8,10-12,14,19,25H,9H2,1-3H3,(H,28,29). The van der Waals surface area contributed by atoms with Gasteiger partial charge in [0, 0.05) is 18.0 Å². The molecule has 6 nitrogen and oxygen atoms in total. The van der Waals surface area contributed by atoms with Crippen LogP contribution in [-0.4, -0.2) is 33.9 Å². The number of hydrogen-bond acceptors (Lipinski definition) is 3. The number of carbonyl (C=O) groups is 2. The predicted octanol–water partition coefficient (Wildman–Crippen LogP) is 4.60. The lowest BCUT2D eigenvalue weighted by Crippen LogP contribution is -2.28. The first-order chi connectivity index (χ1) is 13.8. The number of nitrogens with one attached hydrogen (secondary N) is 1. The molecule has 1 amide bonds. The minimum atomic E-state index is -0.999. The number of benzene rings is 2. The molecule has 1 heterocycles. The molecule has 0 radical (unpaired) electrons. The fraction of sp³-hybridized carbons (Fsp3) is 0.261. The van der Waals surface area contributed by atoms with Gasteiger partial charge in [0.1, 0.15) is 5.69 Å². The van der Waals surface area contributed by atoms with E-state index in [-0.39, 0.29) is 11.6 Å². The Morgan fingerprint density at radius 2 is 1.86 bits per heavy atom. The first-order valence-corrected chi connectivity index (χ1v) is 9.44. The average molecular weight is 389 g/mol. The van der Waals surface area contributed by atoms with Crippen LogP contribution < -0.4 is 0 Å². The van der Waals surface area contributed by atoms with E-state index in [0.29, 0.717) is 12.3 Å². The van der Waals surface area contributed by atoms with Crippen molar-refractivity contribution in [1.29, 1.82) is 5.26 Å². The molecular weight excluding hydrogens is 366 g/mol. The van der Waals surface area contributed by atoms with Gasteiger partial charge in [-0.15, -0.1) is 0 Å². The summed E-state index contributed by atoms with van der Waals surface area (Å²) in [7, 11) is 1.49. The van der Waals surface area contributed by atoms with Gasteiger partial charge in [-0.1, -0.05) is 44.2 Å². The summed E-state index contributed by atoms with van der Waals surface area (Å²) in [4.78, 5) is 27.9. The van der Waals surface area contributed by atoms with Crippen LogP contribution in [-0.2, 0) is 4.79 Å². The number of aromatic nitrogens is 1. The third kappa shape index (κ3) is 4.30. The lowest BCUT2D eigenvalue weighted by atomic mass is 9.87. The SMILES string of the molecule is CC(C)CC(C(=O)N(C)C#N)c1cccc(-c2ccc3[nH]c(C(=O)O)cc3c2)c1. The highest BCUT2D eigenvalue weighted by Gasteiger charge is 2.25. The van der Waals surface area contributed by atoms with E-state index >= 15 is 0 Å².